The Morgan fingerprint density at radius 2 is 1.60 bits per heavy atom. The van der Waals surface area contributed by atoms with Gasteiger partial charge in [-0.05, 0) is 18.2 Å². The number of halogens is 7. The maximum absolute atomic E-state index is 13.3. The molecular formula is C10H7F7N2O. The number of benzene rings is 1. The molecule has 0 aliphatic heterocycles. The Morgan fingerprint density at radius 3 is 1.95 bits per heavy atom. The lowest BCUT2D eigenvalue weighted by atomic mass is 10.2. The summed E-state index contributed by atoms with van der Waals surface area (Å²) < 4.78 is 90.3. The van der Waals surface area contributed by atoms with E-state index >= 15 is 0 Å². The van der Waals surface area contributed by atoms with Crippen LogP contribution in [-0.4, -0.2) is 24.3 Å². The Morgan fingerprint density at radius 1 is 1.10 bits per heavy atom. The van der Waals surface area contributed by atoms with Crippen molar-refractivity contribution in [2.45, 2.75) is 18.5 Å². The van der Waals surface area contributed by atoms with Crippen molar-refractivity contribution in [3.8, 4) is 5.75 Å². The third kappa shape index (κ3) is 3.75. The van der Waals surface area contributed by atoms with Crippen molar-refractivity contribution in [2.24, 2.45) is 5.73 Å². The molecule has 0 heterocycles. The first-order chi connectivity index (χ1) is 8.93. The van der Waals surface area contributed by atoms with Crippen LogP contribution in [0.3, 0.4) is 0 Å². The van der Waals surface area contributed by atoms with E-state index < -0.39 is 35.9 Å². The standard InChI is InChI=1S/C10H7F7N2O/c11-5-3-4(7(18)19)1-2-6(5)20-8(9(12,13)14)10(15,16)17/h1-3,8H,(H3,18,19). The van der Waals surface area contributed by atoms with Gasteiger partial charge in [0.25, 0.3) is 6.10 Å². The van der Waals surface area contributed by atoms with E-state index in [1.165, 1.54) is 0 Å². The van der Waals surface area contributed by atoms with Crippen LogP contribution in [0.5, 0.6) is 5.75 Å². The number of nitrogens with two attached hydrogens (primary N) is 1. The summed E-state index contributed by atoms with van der Waals surface area (Å²) in [5.74, 6) is -3.33. The van der Waals surface area contributed by atoms with Gasteiger partial charge in [-0.15, -0.1) is 0 Å². The van der Waals surface area contributed by atoms with Crippen molar-refractivity contribution in [1.29, 1.82) is 5.41 Å². The number of rotatable bonds is 3. The summed E-state index contributed by atoms with van der Waals surface area (Å²) in [7, 11) is 0. The Labute approximate surface area is 107 Å². The van der Waals surface area contributed by atoms with E-state index in [-0.39, 0.29) is 5.56 Å². The molecule has 10 heteroatoms. The SMILES string of the molecule is N=C(N)c1ccc(OC(C(F)(F)F)C(F)(F)F)c(F)c1. The van der Waals surface area contributed by atoms with Gasteiger partial charge in [0.05, 0.1) is 0 Å². The number of amidine groups is 1. The summed E-state index contributed by atoms with van der Waals surface area (Å²) in [5, 5.41) is 6.95. The van der Waals surface area contributed by atoms with Crippen LogP contribution in [0.2, 0.25) is 0 Å². The number of ether oxygens (including phenoxy) is 1. The lowest BCUT2D eigenvalue weighted by Crippen LogP contribution is -2.46. The van der Waals surface area contributed by atoms with E-state index in [0.717, 1.165) is 6.07 Å². The molecule has 0 unspecified atom stereocenters. The molecule has 0 saturated carbocycles. The molecule has 0 aliphatic carbocycles. The zero-order valence-electron chi connectivity index (χ0n) is 9.44. The van der Waals surface area contributed by atoms with Crippen LogP contribution >= 0.6 is 0 Å². The lowest BCUT2D eigenvalue weighted by Gasteiger charge is -2.24. The highest BCUT2D eigenvalue weighted by atomic mass is 19.4. The predicted octanol–water partition coefficient (Wildman–Crippen LogP) is 2.98. The largest absolute Gasteiger partial charge is 0.468 e. The molecular weight excluding hydrogens is 297 g/mol. The summed E-state index contributed by atoms with van der Waals surface area (Å²) in [5.41, 5.74) is 4.78. The van der Waals surface area contributed by atoms with Crippen LogP contribution in [0.1, 0.15) is 5.56 Å². The van der Waals surface area contributed by atoms with Crippen molar-refractivity contribution in [3.63, 3.8) is 0 Å². The van der Waals surface area contributed by atoms with Crippen LogP contribution in [0, 0.1) is 11.2 Å². The van der Waals surface area contributed by atoms with E-state index in [1.807, 2.05) is 0 Å². The first-order valence-corrected chi connectivity index (χ1v) is 4.87. The monoisotopic (exact) mass is 304 g/mol. The highest BCUT2D eigenvalue weighted by Gasteiger charge is 2.59. The summed E-state index contributed by atoms with van der Waals surface area (Å²) in [6.07, 6.45) is -15.6. The zero-order chi connectivity index (χ0) is 15.7. The quantitative estimate of drug-likeness (QED) is 0.512. The van der Waals surface area contributed by atoms with Crippen LogP contribution in [-0.2, 0) is 0 Å². The van der Waals surface area contributed by atoms with Gasteiger partial charge in [0.15, 0.2) is 11.6 Å². The van der Waals surface area contributed by atoms with Crippen molar-refractivity contribution in [3.05, 3.63) is 29.6 Å². The number of nitrogens with one attached hydrogen (secondary N) is 1. The minimum atomic E-state index is -5.75. The average molecular weight is 304 g/mol. The van der Waals surface area contributed by atoms with Crippen molar-refractivity contribution < 1.29 is 35.5 Å². The third-order valence-electron chi connectivity index (χ3n) is 2.08. The smallest absolute Gasteiger partial charge is 0.434 e. The molecule has 0 radical (unpaired) electrons. The molecule has 0 bridgehead atoms. The summed E-state index contributed by atoms with van der Waals surface area (Å²) in [4.78, 5) is 0. The molecule has 0 amide bonds. The highest BCUT2D eigenvalue weighted by Crippen LogP contribution is 2.37. The summed E-state index contributed by atoms with van der Waals surface area (Å²) in [6, 6.07) is 1.91. The van der Waals surface area contributed by atoms with E-state index in [1.54, 1.807) is 0 Å². The van der Waals surface area contributed by atoms with E-state index in [9.17, 15) is 30.7 Å². The first-order valence-electron chi connectivity index (χ1n) is 4.87. The molecule has 1 aromatic rings. The lowest BCUT2D eigenvalue weighted by molar-refractivity contribution is -0.300. The maximum atomic E-state index is 13.3. The van der Waals surface area contributed by atoms with Crippen molar-refractivity contribution >= 4 is 5.84 Å². The first kappa shape index (κ1) is 16.1. The van der Waals surface area contributed by atoms with E-state index in [0.29, 0.717) is 12.1 Å². The molecule has 0 fully saturated rings. The summed E-state index contributed by atoms with van der Waals surface area (Å²) in [6.45, 7) is 0. The molecule has 0 atom stereocenters. The van der Waals surface area contributed by atoms with Crippen molar-refractivity contribution in [2.75, 3.05) is 0 Å². The minimum absolute atomic E-state index is 0.203. The van der Waals surface area contributed by atoms with Crippen LogP contribution < -0.4 is 10.5 Å². The molecule has 1 aromatic carbocycles. The third-order valence-corrected chi connectivity index (χ3v) is 2.08. The van der Waals surface area contributed by atoms with Gasteiger partial charge in [0.1, 0.15) is 5.84 Å². The maximum Gasteiger partial charge on any atom is 0.434 e. The number of nitrogen functional groups attached to an aromatic ring is 1. The second-order valence-electron chi connectivity index (χ2n) is 3.64. The van der Waals surface area contributed by atoms with Crippen molar-refractivity contribution in [1.82, 2.24) is 0 Å². The normalized spacial score (nSPS) is 12.6. The predicted molar refractivity (Wildman–Crippen MR) is 53.9 cm³/mol. The topological polar surface area (TPSA) is 59.1 Å². The number of alkyl halides is 6. The Kier molecular flexibility index (Phi) is 4.15. The number of hydrogen-bond acceptors (Lipinski definition) is 2. The zero-order valence-corrected chi connectivity index (χ0v) is 9.44. The molecule has 3 N–H and O–H groups in total. The number of hydrogen-bond donors (Lipinski definition) is 2. The second-order valence-corrected chi connectivity index (χ2v) is 3.64. The van der Waals surface area contributed by atoms with E-state index in [2.05, 4.69) is 4.74 Å². The van der Waals surface area contributed by atoms with Gasteiger partial charge < -0.3 is 10.5 Å². The van der Waals surface area contributed by atoms with Crippen LogP contribution in [0.25, 0.3) is 0 Å². The van der Waals surface area contributed by atoms with Gasteiger partial charge in [-0.3, -0.25) is 5.41 Å². The van der Waals surface area contributed by atoms with Gasteiger partial charge in [0.2, 0.25) is 0 Å². The fourth-order valence-corrected chi connectivity index (χ4v) is 1.21. The molecule has 0 saturated heterocycles. The molecule has 0 aliphatic rings. The highest BCUT2D eigenvalue weighted by molar-refractivity contribution is 5.95. The average Bonchev–Trinajstić information content (AvgIpc) is 2.23. The Hall–Kier alpha value is -2.00. The van der Waals surface area contributed by atoms with Gasteiger partial charge >= 0.3 is 12.4 Å². The van der Waals surface area contributed by atoms with Gasteiger partial charge in [-0.1, -0.05) is 0 Å². The fraction of sp³-hybridized carbons (Fsp3) is 0.300. The van der Waals surface area contributed by atoms with E-state index in [4.69, 9.17) is 11.1 Å². The summed E-state index contributed by atoms with van der Waals surface area (Å²) >= 11 is 0. The minimum Gasteiger partial charge on any atom is -0.468 e. The van der Waals surface area contributed by atoms with Gasteiger partial charge in [0, 0.05) is 5.56 Å². The molecule has 1 rings (SSSR count). The van der Waals surface area contributed by atoms with Gasteiger partial charge in [-0.25, -0.2) is 4.39 Å². The van der Waals surface area contributed by atoms with Crippen LogP contribution in [0.15, 0.2) is 18.2 Å². The second kappa shape index (κ2) is 5.17. The molecule has 0 aromatic heterocycles. The Balaban J connectivity index is 3.10. The molecule has 20 heavy (non-hydrogen) atoms. The van der Waals surface area contributed by atoms with Gasteiger partial charge in [-0.2, -0.15) is 26.3 Å². The molecule has 0 spiro atoms. The fourth-order valence-electron chi connectivity index (χ4n) is 1.21. The van der Waals surface area contributed by atoms with Crippen LogP contribution in [0.4, 0.5) is 30.7 Å². The molecule has 112 valence electrons. The Bertz CT molecular complexity index is 495. The molecule has 3 nitrogen and oxygen atoms in total.